The van der Waals surface area contributed by atoms with E-state index in [4.69, 9.17) is 17.4 Å². The van der Waals surface area contributed by atoms with Crippen LogP contribution in [-0.4, -0.2) is 4.98 Å². The van der Waals surface area contributed by atoms with Gasteiger partial charge in [-0.05, 0) is 24.5 Å². The summed E-state index contributed by atoms with van der Waals surface area (Å²) in [4.78, 5) is 3.94. The predicted molar refractivity (Wildman–Crippen MR) is 63.4 cm³/mol. The van der Waals surface area contributed by atoms with Crippen molar-refractivity contribution in [3.8, 4) is 0 Å². The Kier molecular flexibility index (Phi) is 4.75. The van der Waals surface area contributed by atoms with Gasteiger partial charge in [0.1, 0.15) is 0 Å². The zero-order chi connectivity index (χ0) is 11.3. The third-order valence-electron chi connectivity index (χ3n) is 2.37. The van der Waals surface area contributed by atoms with E-state index in [1.54, 1.807) is 12.4 Å². The van der Waals surface area contributed by atoms with Crippen molar-refractivity contribution >= 4 is 11.6 Å². The van der Waals surface area contributed by atoms with Crippen LogP contribution in [0.15, 0.2) is 30.6 Å². The molecule has 0 amide bonds. The maximum Gasteiger partial charge on any atom is 0.0637 e. The first-order valence-corrected chi connectivity index (χ1v) is 5.29. The van der Waals surface area contributed by atoms with E-state index in [0.29, 0.717) is 5.02 Å². The number of pyridine rings is 1. The van der Waals surface area contributed by atoms with Crippen LogP contribution in [0.3, 0.4) is 0 Å². The molecule has 1 aromatic rings. The molecule has 0 bridgehead atoms. The molecule has 4 heteroatoms. The normalized spacial score (nSPS) is 12.5. The minimum atomic E-state index is 0.00736. The number of nitrogens with two attached hydrogens (primary N) is 1. The zero-order valence-electron chi connectivity index (χ0n) is 8.83. The highest BCUT2D eigenvalue weighted by molar-refractivity contribution is 6.31. The van der Waals surface area contributed by atoms with Gasteiger partial charge >= 0.3 is 0 Å². The third kappa shape index (κ3) is 3.30. The van der Waals surface area contributed by atoms with E-state index in [2.05, 4.69) is 23.9 Å². The van der Waals surface area contributed by atoms with Gasteiger partial charge in [-0.3, -0.25) is 16.3 Å². The number of nitrogens with one attached hydrogen (secondary N) is 1. The first-order chi connectivity index (χ1) is 7.19. The minimum Gasteiger partial charge on any atom is -0.271 e. The highest BCUT2D eigenvalue weighted by Gasteiger charge is 2.13. The Labute approximate surface area is 95.3 Å². The average Bonchev–Trinajstić information content (AvgIpc) is 2.26. The van der Waals surface area contributed by atoms with Crippen molar-refractivity contribution in [2.45, 2.75) is 25.8 Å². The Morgan fingerprint density at radius 3 is 3.00 bits per heavy atom. The highest BCUT2D eigenvalue weighted by Crippen LogP contribution is 2.26. The molecule has 0 saturated heterocycles. The van der Waals surface area contributed by atoms with E-state index in [1.807, 2.05) is 6.07 Å². The van der Waals surface area contributed by atoms with Gasteiger partial charge in [0.25, 0.3) is 0 Å². The molecule has 0 aliphatic rings. The molecule has 0 fully saturated rings. The Bertz CT molecular complexity index is 338. The maximum atomic E-state index is 6.04. The minimum absolute atomic E-state index is 0.00736. The second-order valence-electron chi connectivity index (χ2n) is 3.42. The molecule has 1 heterocycles. The van der Waals surface area contributed by atoms with Crippen LogP contribution in [0.4, 0.5) is 0 Å². The van der Waals surface area contributed by atoms with Crippen molar-refractivity contribution < 1.29 is 0 Å². The Hall–Kier alpha value is -0.900. The lowest BCUT2D eigenvalue weighted by Crippen LogP contribution is -2.28. The van der Waals surface area contributed by atoms with E-state index in [0.717, 1.165) is 24.0 Å². The number of hydrogen-bond donors (Lipinski definition) is 2. The second kappa shape index (κ2) is 5.85. The number of hydrazine groups is 1. The van der Waals surface area contributed by atoms with Crippen LogP contribution in [0.5, 0.6) is 0 Å². The maximum absolute atomic E-state index is 6.04. The summed E-state index contributed by atoms with van der Waals surface area (Å²) in [7, 11) is 0. The molecular weight excluding hydrogens is 210 g/mol. The summed E-state index contributed by atoms with van der Waals surface area (Å²) in [6.07, 6.45) is 5.06. The van der Waals surface area contributed by atoms with Crippen molar-refractivity contribution in [1.82, 2.24) is 10.4 Å². The molecule has 0 aliphatic carbocycles. The van der Waals surface area contributed by atoms with Crippen molar-refractivity contribution in [3.63, 3.8) is 0 Å². The van der Waals surface area contributed by atoms with Crippen LogP contribution in [0, 0.1) is 0 Å². The van der Waals surface area contributed by atoms with Gasteiger partial charge in [0.15, 0.2) is 0 Å². The standard InChI is InChI=1S/C11H16ClN3/c1-3-8(2)6-11(15-13)9-4-5-14-7-10(9)12/h4-5,7,11,15H,2-3,6,13H2,1H3. The summed E-state index contributed by atoms with van der Waals surface area (Å²) in [6.45, 7) is 6.04. The fraction of sp³-hybridized carbons (Fsp3) is 0.364. The van der Waals surface area contributed by atoms with Crippen LogP contribution in [0.1, 0.15) is 31.4 Å². The Morgan fingerprint density at radius 2 is 2.47 bits per heavy atom. The Morgan fingerprint density at radius 1 is 1.73 bits per heavy atom. The molecule has 0 saturated carbocycles. The van der Waals surface area contributed by atoms with Crippen LogP contribution in [0.25, 0.3) is 0 Å². The highest BCUT2D eigenvalue weighted by atomic mass is 35.5. The summed E-state index contributed by atoms with van der Waals surface area (Å²) in [5.41, 5.74) is 4.86. The molecule has 1 atom stereocenters. The summed E-state index contributed by atoms with van der Waals surface area (Å²) >= 11 is 6.04. The first-order valence-electron chi connectivity index (χ1n) is 4.91. The SMILES string of the molecule is C=C(CC)CC(NN)c1ccncc1Cl. The van der Waals surface area contributed by atoms with Gasteiger partial charge in [-0.2, -0.15) is 0 Å². The zero-order valence-corrected chi connectivity index (χ0v) is 9.59. The van der Waals surface area contributed by atoms with Crippen LogP contribution in [0.2, 0.25) is 5.02 Å². The number of aromatic nitrogens is 1. The smallest absolute Gasteiger partial charge is 0.0637 e. The summed E-state index contributed by atoms with van der Waals surface area (Å²) in [5.74, 6) is 5.51. The molecule has 15 heavy (non-hydrogen) atoms. The molecule has 1 aromatic heterocycles. The van der Waals surface area contributed by atoms with Gasteiger partial charge in [-0.15, -0.1) is 0 Å². The third-order valence-corrected chi connectivity index (χ3v) is 2.69. The largest absolute Gasteiger partial charge is 0.271 e. The van der Waals surface area contributed by atoms with Crippen molar-refractivity contribution in [1.29, 1.82) is 0 Å². The second-order valence-corrected chi connectivity index (χ2v) is 3.83. The molecular formula is C11H16ClN3. The van der Waals surface area contributed by atoms with Gasteiger partial charge in [0.2, 0.25) is 0 Å². The summed E-state index contributed by atoms with van der Waals surface area (Å²) in [6, 6.07) is 1.88. The molecule has 3 N–H and O–H groups in total. The van der Waals surface area contributed by atoms with E-state index in [-0.39, 0.29) is 6.04 Å². The topological polar surface area (TPSA) is 50.9 Å². The van der Waals surface area contributed by atoms with Crippen LogP contribution >= 0.6 is 11.6 Å². The molecule has 0 aromatic carbocycles. The van der Waals surface area contributed by atoms with Crippen LogP contribution < -0.4 is 11.3 Å². The van der Waals surface area contributed by atoms with Crippen molar-refractivity contribution in [3.05, 3.63) is 41.2 Å². The van der Waals surface area contributed by atoms with Gasteiger partial charge in [0.05, 0.1) is 11.1 Å². The van der Waals surface area contributed by atoms with E-state index in [1.165, 1.54) is 0 Å². The van der Waals surface area contributed by atoms with Gasteiger partial charge in [-0.25, -0.2) is 0 Å². The lowest BCUT2D eigenvalue weighted by atomic mass is 10.00. The van der Waals surface area contributed by atoms with Crippen LogP contribution in [-0.2, 0) is 0 Å². The van der Waals surface area contributed by atoms with E-state index in [9.17, 15) is 0 Å². The molecule has 82 valence electrons. The molecule has 0 radical (unpaired) electrons. The van der Waals surface area contributed by atoms with Gasteiger partial charge < -0.3 is 0 Å². The predicted octanol–water partition coefficient (Wildman–Crippen LogP) is 2.60. The number of hydrogen-bond acceptors (Lipinski definition) is 3. The average molecular weight is 226 g/mol. The van der Waals surface area contributed by atoms with E-state index < -0.39 is 0 Å². The van der Waals surface area contributed by atoms with Gasteiger partial charge in [-0.1, -0.05) is 30.7 Å². The van der Waals surface area contributed by atoms with Crippen molar-refractivity contribution in [2.24, 2.45) is 5.84 Å². The quantitative estimate of drug-likeness (QED) is 0.460. The molecule has 0 spiro atoms. The lowest BCUT2D eigenvalue weighted by Gasteiger charge is -2.18. The number of nitrogens with zero attached hydrogens (tertiary/aromatic N) is 1. The number of rotatable bonds is 5. The fourth-order valence-electron chi connectivity index (χ4n) is 1.36. The summed E-state index contributed by atoms with van der Waals surface area (Å²) < 4.78 is 0. The number of halogens is 1. The molecule has 3 nitrogen and oxygen atoms in total. The monoisotopic (exact) mass is 225 g/mol. The summed E-state index contributed by atoms with van der Waals surface area (Å²) in [5, 5.41) is 0.629. The van der Waals surface area contributed by atoms with Gasteiger partial charge in [0, 0.05) is 12.4 Å². The fourth-order valence-corrected chi connectivity index (χ4v) is 1.61. The van der Waals surface area contributed by atoms with Crippen molar-refractivity contribution in [2.75, 3.05) is 0 Å². The van der Waals surface area contributed by atoms with E-state index >= 15 is 0 Å². The first kappa shape index (κ1) is 12.2. The lowest BCUT2D eigenvalue weighted by molar-refractivity contribution is 0.544. The molecule has 1 unspecified atom stereocenters. The Balaban J connectivity index is 2.83. The molecule has 1 rings (SSSR count). The molecule has 0 aliphatic heterocycles.